The maximum Gasteiger partial charge on any atom is 0.148 e. The first-order valence-electron chi connectivity index (χ1n) is 14.9. The van der Waals surface area contributed by atoms with Gasteiger partial charge in [-0.2, -0.15) is 0 Å². The van der Waals surface area contributed by atoms with Crippen molar-refractivity contribution in [3.63, 3.8) is 0 Å². The molecule has 208 valence electrons. The van der Waals surface area contributed by atoms with E-state index in [2.05, 4.69) is 143 Å². The second kappa shape index (κ2) is 10.4. The SMILES string of the molecule is C1=CC2=NC(c3ccccc3)N(c3ccc(-n4c5ccccc5c5cc6sc7ccccc7c6nc54)cc3)C2C=C1.CC. The van der Waals surface area contributed by atoms with E-state index in [1.54, 1.807) is 0 Å². The van der Waals surface area contributed by atoms with Crippen molar-refractivity contribution in [3.8, 4) is 5.69 Å². The number of hydrogen-bond acceptors (Lipinski definition) is 4. The molecule has 1 aliphatic carbocycles. The summed E-state index contributed by atoms with van der Waals surface area (Å²) in [6.45, 7) is 4.00. The number of aliphatic imine (C=N–C) groups is 1. The lowest BCUT2D eigenvalue weighted by atomic mass is 10.0. The molecule has 0 spiro atoms. The lowest BCUT2D eigenvalue weighted by Gasteiger charge is -2.31. The van der Waals surface area contributed by atoms with Crippen LogP contribution in [-0.4, -0.2) is 21.3 Å². The first-order valence-corrected chi connectivity index (χ1v) is 15.7. The predicted octanol–water partition coefficient (Wildman–Crippen LogP) is 10.0. The molecule has 2 unspecified atom stereocenters. The lowest BCUT2D eigenvalue weighted by molar-refractivity contribution is 0.696. The maximum atomic E-state index is 5.31. The van der Waals surface area contributed by atoms with Crippen molar-refractivity contribution in [1.29, 1.82) is 0 Å². The summed E-state index contributed by atoms with van der Waals surface area (Å²) in [4.78, 5) is 12.9. The molecule has 0 radical (unpaired) electrons. The number of rotatable bonds is 3. The van der Waals surface area contributed by atoms with Gasteiger partial charge < -0.3 is 4.90 Å². The zero-order chi connectivity index (χ0) is 28.9. The summed E-state index contributed by atoms with van der Waals surface area (Å²) in [5.41, 5.74) is 7.77. The minimum atomic E-state index is -0.0653. The first-order chi connectivity index (χ1) is 21.3. The Morgan fingerprint density at radius 1 is 0.674 bits per heavy atom. The average molecular weight is 575 g/mol. The predicted molar refractivity (Wildman–Crippen MR) is 184 cm³/mol. The van der Waals surface area contributed by atoms with Crippen molar-refractivity contribution in [2.45, 2.75) is 26.1 Å². The van der Waals surface area contributed by atoms with Crippen molar-refractivity contribution in [1.82, 2.24) is 9.55 Å². The molecule has 0 saturated carbocycles. The van der Waals surface area contributed by atoms with E-state index in [4.69, 9.17) is 9.98 Å². The molecule has 0 bridgehead atoms. The fourth-order valence-electron chi connectivity index (χ4n) is 6.43. The standard InChI is InChI=1S/C36H24N4S.C2H6/c1-2-10-23(11-3-1)35-37-29-14-6-8-16-31(29)40(35)25-20-18-24(19-21-25)39-30-15-7-4-12-26(30)28-22-33-34(38-36(28)39)27-13-5-9-17-32(27)41-33;1-2/h1-22,31,35H;1-2H3. The number of benzene rings is 4. The first kappa shape index (κ1) is 25.7. The quantitative estimate of drug-likeness (QED) is 0.210. The van der Waals surface area contributed by atoms with Gasteiger partial charge in [0.25, 0.3) is 0 Å². The monoisotopic (exact) mass is 574 g/mol. The van der Waals surface area contributed by atoms with Crippen LogP contribution in [0.4, 0.5) is 5.69 Å². The largest absolute Gasteiger partial charge is 0.334 e. The molecule has 0 N–H and O–H groups in total. The summed E-state index contributed by atoms with van der Waals surface area (Å²) in [5.74, 6) is 0. The van der Waals surface area contributed by atoms with Gasteiger partial charge in [-0.3, -0.25) is 9.56 Å². The molecular weight excluding hydrogens is 545 g/mol. The summed E-state index contributed by atoms with van der Waals surface area (Å²) >= 11 is 1.82. The van der Waals surface area contributed by atoms with Crippen LogP contribution < -0.4 is 4.90 Å². The normalized spacial score (nSPS) is 17.4. The van der Waals surface area contributed by atoms with E-state index in [-0.39, 0.29) is 12.2 Å². The molecule has 4 nitrogen and oxygen atoms in total. The zero-order valence-electron chi connectivity index (χ0n) is 24.1. The Morgan fingerprint density at radius 3 is 2.23 bits per heavy atom. The van der Waals surface area contributed by atoms with Crippen LogP contribution in [0.25, 0.3) is 47.9 Å². The third-order valence-corrected chi connectivity index (χ3v) is 9.40. The number of allylic oxidation sites excluding steroid dienone is 2. The Bertz CT molecular complexity index is 2220. The Morgan fingerprint density at radius 2 is 1.40 bits per heavy atom. The fourth-order valence-corrected chi connectivity index (χ4v) is 7.52. The van der Waals surface area contributed by atoms with Gasteiger partial charge in [-0.1, -0.05) is 98.8 Å². The lowest BCUT2D eigenvalue weighted by Crippen LogP contribution is -2.35. The topological polar surface area (TPSA) is 33.4 Å². The number of aromatic nitrogens is 2. The highest BCUT2D eigenvalue weighted by Gasteiger charge is 2.35. The van der Waals surface area contributed by atoms with Crippen molar-refractivity contribution in [2.24, 2.45) is 4.99 Å². The molecule has 4 heterocycles. The third-order valence-electron chi connectivity index (χ3n) is 8.29. The highest BCUT2D eigenvalue weighted by molar-refractivity contribution is 7.25. The van der Waals surface area contributed by atoms with Gasteiger partial charge in [-0.15, -0.1) is 11.3 Å². The molecule has 0 saturated heterocycles. The van der Waals surface area contributed by atoms with Crippen molar-refractivity contribution >= 4 is 65.0 Å². The van der Waals surface area contributed by atoms with Gasteiger partial charge >= 0.3 is 0 Å². The molecule has 2 aliphatic rings. The molecule has 43 heavy (non-hydrogen) atoms. The molecule has 9 rings (SSSR count). The number of fused-ring (bicyclic) bond motifs is 7. The van der Waals surface area contributed by atoms with E-state index in [0.717, 1.165) is 28.3 Å². The molecule has 0 fully saturated rings. The van der Waals surface area contributed by atoms with Crippen LogP contribution >= 0.6 is 11.3 Å². The Kier molecular flexibility index (Phi) is 6.20. The van der Waals surface area contributed by atoms with E-state index in [1.165, 1.54) is 36.6 Å². The summed E-state index contributed by atoms with van der Waals surface area (Å²) in [6.07, 6.45) is 8.50. The highest BCUT2D eigenvalue weighted by atomic mass is 32.1. The van der Waals surface area contributed by atoms with Gasteiger partial charge in [0.1, 0.15) is 11.8 Å². The van der Waals surface area contributed by atoms with E-state index in [9.17, 15) is 0 Å². The van der Waals surface area contributed by atoms with Gasteiger partial charge in [0.2, 0.25) is 0 Å². The van der Waals surface area contributed by atoms with Crippen LogP contribution in [-0.2, 0) is 0 Å². The minimum Gasteiger partial charge on any atom is -0.334 e. The highest BCUT2D eigenvalue weighted by Crippen LogP contribution is 2.40. The number of anilines is 1. The Balaban J connectivity index is 0.00000136. The van der Waals surface area contributed by atoms with E-state index < -0.39 is 0 Å². The van der Waals surface area contributed by atoms with E-state index in [0.29, 0.717) is 0 Å². The average Bonchev–Trinajstić information content (AvgIpc) is 3.75. The number of pyridine rings is 1. The second-order valence-electron chi connectivity index (χ2n) is 10.6. The Labute approximate surface area is 254 Å². The molecule has 4 aromatic carbocycles. The summed E-state index contributed by atoms with van der Waals surface area (Å²) in [5, 5.41) is 3.62. The zero-order valence-corrected chi connectivity index (χ0v) is 24.9. The van der Waals surface area contributed by atoms with Gasteiger partial charge in [0, 0.05) is 32.2 Å². The van der Waals surface area contributed by atoms with Gasteiger partial charge in [0.15, 0.2) is 0 Å². The number of nitrogens with zero attached hydrogens (tertiary/aromatic N) is 4. The Hall–Kier alpha value is -5.00. The van der Waals surface area contributed by atoms with Crippen LogP contribution in [0, 0.1) is 0 Å². The van der Waals surface area contributed by atoms with Gasteiger partial charge in [-0.25, -0.2) is 4.98 Å². The van der Waals surface area contributed by atoms with Crippen LogP contribution in [0.5, 0.6) is 0 Å². The number of thiophene rings is 1. The second-order valence-corrected chi connectivity index (χ2v) is 11.7. The molecule has 2 atom stereocenters. The molecule has 7 aromatic rings. The summed E-state index contributed by atoms with van der Waals surface area (Å²) in [6, 6.07) is 39.1. The summed E-state index contributed by atoms with van der Waals surface area (Å²) in [7, 11) is 0. The van der Waals surface area contributed by atoms with E-state index >= 15 is 0 Å². The van der Waals surface area contributed by atoms with Crippen molar-refractivity contribution in [2.75, 3.05) is 4.90 Å². The van der Waals surface area contributed by atoms with Gasteiger partial charge in [-0.05, 0) is 54.1 Å². The molecule has 3 aromatic heterocycles. The van der Waals surface area contributed by atoms with Crippen molar-refractivity contribution in [3.05, 3.63) is 139 Å². The van der Waals surface area contributed by atoms with Crippen LogP contribution in [0.3, 0.4) is 0 Å². The maximum absolute atomic E-state index is 5.31. The number of para-hydroxylation sites is 1. The smallest absolute Gasteiger partial charge is 0.148 e. The summed E-state index contributed by atoms with van der Waals surface area (Å²) < 4.78 is 4.81. The van der Waals surface area contributed by atoms with Crippen LogP contribution in [0.2, 0.25) is 0 Å². The molecular formula is C38H30N4S. The molecule has 1 aliphatic heterocycles. The molecule has 5 heteroatoms. The van der Waals surface area contributed by atoms with Crippen LogP contribution in [0.15, 0.2) is 138 Å². The molecule has 0 amide bonds. The van der Waals surface area contributed by atoms with Gasteiger partial charge in [0.05, 0.1) is 27.5 Å². The van der Waals surface area contributed by atoms with Crippen LogP contribution in [0.1, 0.15) is 25.6 Å². The minimum absolute atomic E-state index is 0.0653. The van der Waals surface area contributed by atoms with E-state index in [1.807, 2.05) is 25.2 Å². The third kappa shape index (κ3) is 4.03. The number of hydrogen-bond donors (Lipinski definition) is 0. The fraction of sp³-hybridized carbons (Fsp3) is 0.105. The van der Waals surface area contributed by atoms with Crippen molar-refractivity contribution < 1.29 is 0 Å².